The first-order valence-electron chi connectivity index (χ1n) is 9.17. The molecule has 0 aliphatic carbocycles. The van der Waals surface area contributed by atoms with Gasteiger partial charge in [-0.05, 0) is 37.5 Å². The summed E-state index contributed by atoms with van der Waals surface area (Å²) < 4.78 is 25.6. The van der Waals surface area contributed by atoms with Crippen molar-refractivity contribution in [2.45, 2.75) is 39.3 Å². The Labute approximate surface area is 170 Å². The number of hydrogen-bond acceptors (Lipinski definition) is 5. The maximum atomic E-state index is 12.8. The predicted molar refractivity (Wildman–Crippen MR) is 112 cm³/mol. The number of benzene rings is 2. The lowest BCUT2D eigenvalue weighted by atomic mass is 10.0. The largest absolute Gasteiger partial charge is 0.348 e. The molecular formula is C20H25N3O5S. The number of non-ortho nitro benzene ring substituents is 1. The quantitative estimate of drug-likeness (QED) is 0.522. The Balaban J connectivity index is 2.26. The third-order valence-corrected chi connectivity index (χ3v) is 5.87. The molecular weight excluding hydrogens is 394 g/mol. The number of nitrogens with zero attached hydrogens (tertiary/aromatic N) is 2. The van der Waals surface area contributed by atoms with Crippen molar-refractivity contribution in [3.63, 3.8) is 0 Å². The summed E-state index contributed by atoms with van der Waals surface area (Å²) in [5.41, 5.74) is 1.87. The highest BCUT2D eigenvalue weighted by atomic mass is 32.2. The zero-order chi connectivity index (χ0) is 21.8. The Morgan fingerprint density at radius 2 is 1.79 bits per heavy atom. The molecule has 0 heterocycles. The normalized spacial score (nSPS) is 13.4. The van der Waals surface area contributed by atoms with E-state index in [4.69, 9.17) is 0 Å². The molecule has 29 heavy (non-hydrogen) atoms. The molecule has 0 spiro atoms. The smallest absolute Gasteiger partial charge is 0.271 e. The molecule has 2 rings (SSSR count). The molecule has 1 amide bonds. The van der Waals surface area contributed by atoms with Crippen molar-refractivity contribution in [3.8, 4) is 0 Å². The molecule has 0 saturated carbocycles. The zero-order valence-electron chi connectivity index (χ0n) is 16.8. The molecule has 0 aliphatic heterocycles. The Morgan fingerprint density at radius 3 is 2.31 bits per heavy atom. The highest BCUT2D eigenvalue weighted by molar-refractivity contribution is 7.92. The van der Waals surface area contributed by atoms with Gasteiger partial charge in [0.2, 0.25) is 15.9 Å². The second-order valence-corrected chi connectivity index (χ2v) is 8.70. The molecule has 0 unspecified atom stereocenters. The van der Waals surface area contributed by atoms with Crippen molar-refractivity contribution in [3.05, 3.63) is 69.8 Å². The van der Waals surface area contributed by atoms with Gasteiger partial charge in [0.15, 0.2) is 0 Å². The molecule has 2 atom stereocenters. The minimum atomic E-state index is -3.86. The molecule has 0 aliphatic rings. The first kappa shape index (κ1) is 22.4. The maximum Gasteiger partial charge on any atom is 0.271 e. The van der Waals surface area contributed by atoms with Crippen LogP contribution in [0.1, 0.15) is 37.9 Å². The van der Waals surface area contributed by atoms with E-state index in [1.807, 2.05) is 31.2 Å². The molecule has 0 radical (unpaired) electrons. The van der Waals surface area contributed by atoms with Crippen molar-refractivity contribution in [1.29, 1.82) is 0 Å². The zero-order valence-corrected chi connectivity index (χ0v) is 17.6. The molecule has 8 nitrogen and oxygen atoms in total. The monoisotopic (exact) mass is 419 g/mol. The summed E-state index contributed by atoms with van der Waals surface area (Å²) >= 11 is 0. The molecule has 9 heteroatoms. The van der Waals surface area contributed by atoms with Crippen LogP contribution in [0.5, 0.6) is 0 Å². The summed E-state index contributed by atoms with van der Waals surface area (Å²) in [6, 6.07) is 11.6. The van der Waals surface area contributed by atoms with E-state index in [0.717, 1.165) is 28.6 Å². The Morgan fingerprint density at radius 1 is 1.17 bits per heavy atom. The van der Waals surface area contributed by atoms with Gasteiger partial charge in [0, 0.05) is 12.1 Å². The van der Waals surface area contributed by atoms with Crippen molar-refractivity contribution in [2.24, 2.45) is 0 Å². The van der Waals surface area contributed by atoms with Crippen molar-refractivity contribution >= 4 is 27.3 Å². The van der Waals surface area contributed by atoms with Crippen LogP contribution in [0.4, 0.5) is 11.4 Å². The molecule has 0 aromatic heterocycles. The highest BCUT2D eigenvalue weighted by Crippen LogP contribution is 2.25. The molecule has 2 aromatic carbocycles. The standard InChI is InChI=1S/C20H25N3O5S/c1-5-16-9-11-17(12-10-16)14(2)21-20(24)15(3)22(29(4,27)28)18-7-6-8-19(13-18)23(25)26/h6-15H,5H2,1-4H3,(H,21,24)/t14-,15+/m1/s1. The Bertz CT molecular complexity index is 989. The van der Waals surface area contributed by atoms with E-state index in [0.29, 0.717) is 0 Å². The van der Waals surface area contributed by atoms with Gasteiger partial charge in [-0.1, -0.05) is 37.3 Å². The number of carbonyl (C=O) groups is 1. The van der Waals surface area contributed by atoms with Crippen LogP contribution in [0.2, 0.25) is 0 Å². The lowest BCUT2D eigenvalue weighted by Gasteiger charge is -2.29. The summed E-state index contributed by atoms with van der Waals surface area (Å²) in [6.45, 7) is 5.31. The fraction of sp³-hybridized carbons (Fsp3) is 0.350. The minimum absolute atomic E-state index is 0.0595. The summed E-state index contributed by atoms with van der Waals surface area (Å²) in [4.78, 5) is 23.2. The average Bonchev–Trinajstić information content (AvgIpc) is 2.67. The van der Waals surface area contributed by atoms with Crippen LogP contribution in [0.15, 0.2) is 48.5 Å². The third kappa shape index (κ3) is 5.54. The highest BCUT2D eigenvalue weighted by Gasteiger charge is 2.30. The van der Waals surface area contributed by atoms with Crippen molar-refractivity contribution in [1.82, 2.24) is 5.32 Å². The first-order chi connectivity index (χ1) is 13.5. The van der Waals surface area contributed by atoms with Gasteiger partial charge in [-0.2, -0.15) is 0 Å². The fourth-order valence-corrected chi connectivity index (χ4v) is 4.18. The molecule has 156 valence electrons. The second-order valence-electron chi connectivity index (χ2n) is 6.84. The third-order valence-electron chi connectivity index (χ3n) is 4.63. The SMILES string of the molecule is CCc1ccc([C@@H](C)NC(=O)[C@H](C)N(c2cccc([N+](=O)[O-])c2)S(C)(=O)=O)cc1. The van der Waals surface area contributed by atoms with Gasteiger partial charge in [-0.3, -0.25) is 19.2 Å². The number of sulfonamides is 1. The molecule has 2 aromatic rings. The first-order valence-corrected chi connectivity index (χ1v) is 11.0. The second kappa shape index (κ2) is 9.04. The van der Waals surface area contributed by atoms with E-state index >= 15 is 0 Å². The van der Waals surface area contributed by atoms with E-state index in [-0.39, 0.29) is 17.4 Å². The van der Waals surface area contributed by atoms with Gasteiger partial charge >= 0.3 is 0 Å². The topological polar surface area (TPSA) is 110 Å². The lowest BCUT2D eigenvalue weighted by molar-refractivity contribution is -0.384. The molecule has 0 bridgehead atoms. The van der Waals surface area contributed by atoms with Crippen LogP contribution in [0.25, 0.3) is 0 Å². The average molecular weight is 420 g/mol. The van der Waals surface area contributed by atoms with E-state index in [2.05, 4.69) is 12.2 Å². The minimum Gasteiger partial charge on any atom is -0.348 e. The van der Waals surface area contributed by atoms with Crippen LogP contribution in [-0.4, -0.2) is 31.5 Å². The number of hydrogen-bond donors (Lipinski definition) is 1. The number of nitro benzene ring substituents is 1. The number of nitro groups is 1. The number of aryl methyl sites for hydroxylation is 1. The van der Waals surface area contributed by atoms with Gasteiger partial charge in [0.1, 0.15) is 6.04 Å². The van der Waals surface area contributed by atoms with Gasteiger partial charge in [-0.15, -0.1) is 0 Å². The van der Waals surface area contributed by atoms with Crippen LogP contribution in [0.3, 0.4) is 0 Å². The number of rotatable bonds is 8. The predicted octanol–water partition coefficient (Wildman–Crippen LogP) is 3.19. The molecule has 0 fully saturated rings. The Kier molecular flexibility index (Phi) is 6.97. The van der Waals surface area contributed by atoms with Crippen LogP contribution in [-0.2, 0) is 21.2 Å². The summed E-state index contributed by atoms with van der Waals surface area (Å²) in [5.74, 6) is -0.506. The summed E-state index contributed by atoms with van der Waals surface area (Å²) in [6.07, 6.45) is 1.87. The van der Waals surface area contributed by atoms with E-state index in [1.54, 1.807) is 0 Å². The van der Waals surface area contributed by atoms with Gasteiger partial charge in [0.05, 0.1) is 22.9 Å². The Hall–Kier alpha value is -2.94. The number of amides is 1. The van der Waals surface area contributed by atoms with Crippen molar-refractivity contribution < 1.29 is 18.1 Å². The van der Waals surface area contributed by atoms with E-state index < -0.39 is 26.9 Å². The van der Waals surface area contributed by atoms with Gasteiger partial charge in [0.25, 0.3) is 5.69 Å². The van der Waals surface area contributed by atoms with Crippen LogP contribution < -0.4 is 9.62 Å². The van der Waals surface area contributed by atoms with E-state index in [9.17, 15) is 23.3 Å². The van der Waals surface area contributed by atoms with Crippen LogP contribution >= 0.6 is 0 Å². The maximum absolute atomic E-state index is 12.8. The lowest BCUT2D eigenvalue weighted by Crippen LogP contribution is -2.48. The van der Waals surface area contributed by atoms with Crippen LogP contribution in [0, 0.1) is 10.1 Å². The fourth-order valence-electron chi connectivity index (χ4n) is 3.01. The summed E-state index contributed by atoms with van der Waals surface area (Å²) in [7, 11) is -3.86. The molecule has 0 saturated heterocycles. The van der Waals surface area contributed by atoms with E-state index in [1.165, 1.54) is 30.7 Å². The van der Waals surface area contributed by atoms with Gasteiger partial charge in [-0.25, -0.2) is 8.42 Å². The number of nitrogens with one attached hydrogen (secondary N) is 1. The van der Waals surface area contributed by atoms with Crippen molar-refractivity contribution in [2.75, 3.05) is 10.6 Å². The number of carbonyl (C=O) groups excluding carboxylic acids is 1. The number of anilines is 1. The van der Waals surface area contributed by atoms with Gasteiger partial charge < -0.3 is 5.32 Å². The summed E-state index contributed by atoms with van der Waals surface area (Å²) in [5, 5.41) is 13.8. The molecule has 1 N–H and O–H groups in total.